The molecule has 0 atom stereocenters. The molecule has 1 aliphatic heterocycles. The van der Waals surface area contributed by atoms with Crippen LogP contribution < -0.4 is 4.90 Å². The lowest BCUT2D eigenvalue weighted by atomic mass is 10.2. The minimum Gasteiger partial charge on any atom is -0.478 e. The number of nitrogens with zero attached hydrogens (tertiary/aromatic N) is 2. The average Bonchev–Trinajstić information content (AvgIpc) is 2.29. The zero-order valence-electron chi connectivity index (χ0n) is 8.93. The summed E-state index contributed by atoms with van der Waals surface area (Å²) in [5, 5.41) is 9.33. The molecule has 0 amide bonds. The van der Waals surface area contributed by atoms with Crippen LogP contribution in [0.4, 0.5) is 5.82 Å². The van der Waals surface area contributed by atoms with Gasteiger partial charge in [0.05, 0.1) is 0 Å². The third-order valence-electron chi connectivity index (χ3n) is 2.55. The highest BCUT2D eigenvalue weighted by Gasteiger charge is 2.22. The molecule has 92 valence electrons. The van der Waals surface area contributed by atoms with Gasteiger partial charge in [0.25, 0.3) is 0 Å². The highest BCUT2D eigenvalue weighted by Crippen LogP contribution is 2.22. The lowest BCUT2D eigenvalue weighted by Gasteiger charge is -2.28. The van der Waals surface area contributed by atoms with Crippen LogP contribution in [0, 0.1) is 0 Å². The first-order chi connectivity index (χ1) is 8.08. The van der Waals surface area contributed by atoms with Crippen LogP contribution in [-0.2, 0) is 10.8 Å². The van der Waals surface area contributed by atoms with Crippen molar-refractivity contribution < 1.29 is 14.1 Å². The summed E-state index contributed by atoms with van der Waals surface area (Å²) in [4.78, 5) is 16.9. The number of anilines is 1. The minimum absolute atomic E-state index is 0.127. The lowest BCUT2D eigenvalue weighted by Crippen LogP contribution is -2.39. The molecule has 0 aromatic carbocycles. The van der Waals surface area contributed by atoms with E-state index in [-0.39, 0.29) is 10.7 Å². The molecule has 7 heteroatoms. The van der Waals surface area contributed by atoms with Crippen LogP contribution in [0.25, 0.3) is 0 Å². The van der Waals surface area contributed by atoms with Gasteiger partial charge in [0.2, 0.25) is 0 Å². The van der Waals surface area contributed by atoms with Crippen molar-refractivity contribution >= 4 is 34.2 Å². The van der Waals surface area contributed by atoms with Gasteiger partial charge in [-0.25, -0.2) is 9.78 Å². The van der Waals surface area contributed by atoms with Crippen LogP contribution >= 0.6 is 11.6 Å². The Morgan fingerprint density at radius 2 is 2.06 bits per heavy atom. The van der Waals surface area contributed by atoms with Gasteiger partial charge in [0.15, 0.2) is 0 Å². The maximum atomic E-state index is 11.2. The third kappa shape index (κ3) is 2.76. The molecule has 1 aromatic heterocycles. The Hall–Kier alpha value is -1.14. The van der Waals surface area contributed by atoms with E-state index in [1.165, 1.54) is 12.1 Å². The van der Waals surface area contributed by atoms with Crippen LogP contribution in [0.5, 0.6) is 0 Å². The van der Waals surface area contributed by atoms with Gasteiger partial charge in [-0.05, 0) is 12.1 Å². The number of carboxylic acids is 1. The zero-order chi connectivity index (χ0) is 12.4. The summed E-state index contributed by atoms with van der Waals surface area (Å²) in [5.41, 5.74) is 0.127. The molecule has 0 spiro atoms. The van der Waals surface area contributed by atoms with E-state index >= 15 is 0 Å². The quantitative estimate of drug-likeness (QED) is 0.815. The van der Waals surface area contributed by atoms with E-state index in [0.29, 0.717) is 30.4 Å². The van der Waals surface area contributed by atoms with Crippen molar-refractivity contribution in [2.45, 2.75) is 0 Å². The Labute approximate surface area is 106 Å². The average molecular weight is 275 g/mol. The number of hydrogen-bond donors (Lipinski definition) is 1. The van der Waals surface area contributed by atoms with Crippen molar-refractivity contribution in [3.63, 3.8) is 0 Å². The molecule has 0 saturated carbocycles. The second-order valence-electron chi connectivity index (χ2n) is 3.65. The summed E-state index contributed by atoms with van der Waals surface area (Å²) in [6.45, 7) is 1.08. The second kappa shape index (κ2) is 5.01. The molecule has 1 fully saturated rings. The molecule has 0 unspecified atom stereocenters. The van der Waals surface area contributed by atoms with Gasteiger partial charge in [0.1, 0.15) is 16.5 Å². The number of aromatic nitrogens is 1. The summed E-state index contributed by atoms with van der Waals surface area (Å²) in [7, 11) is -0.807. The van der Waals surface area contributed by atoms with E-state index in [1.807, 2.05) is 4.90 Å². The Morgan fingerprint density at radius 1 is 1.41 bits per heavy atom. The number of hydrogen-bond acceptors (Lipinski definition) is 4. The van der Waals surface area contributed by atoms with Gasteiger partial charge in [-0.1, -0.05) is 11.6 Å². The van der Waals surface area contributed by atoms with Gasteiger partial charge in [-0.3, -0.25) is 4.21 Å². The first kappa shape index (κ1) is 12.3. The van der Waals surface area contributed by atoms with Gasteiger partial charge >= 0.3 is 5.97 Å². The largest absolute Gasteiger partial charge is 0.478 e. The van der Waals surface area contributed by atoms with Crippen LogP contribution in [0.1, 0.15) is 10.4 Å². The molecular formula is C10H11ClN2O3S. The standard InChI is InChI=1S/C10H11ClN2O3S/c11-8-2-1-7(10(14)15)9(12-8)13-3-5-17(16)6-4-13/h1-2H,3-6H2,(H,14,15). The highest BCUT2D eigenvalue weighted by molar-refractivity contribution is 7.85. The Balaban J connectivity index is 2.33. The number of carboxylic acid groups (broad SMARTS) is 1. The van der Waals surface area contributed by atoms with Crippen molar-refractivity contribution in [2.24, 2.45) is 0 Å². The topological polar surface area (TPSA) is 70.5 Å². The second-order valence-corrected chi connectivity index (χ2v) is 5.73. The summed E-state index contributed by atoms with van der Waals surface area (Å²) in [6, 6.07) is 2.90. The van der Waals surface area contributed by atoms with Crippen LogP contribution in [-0.4, -0.2) is 44.9 Å². The first-order valence-electron chi connectivity index (χ1n) is 5.07. The monoisotopic (exact) mass is 274 g/mol. The fourth-order valence-corrected chi connectivity index (χ4v) is 2.88. The number of halogens is 1. The predicted octanol–water partition coefficient (Wildman–Crippen LogP) is 1.00. The molecule has 0 bridgehead atoms. The van der Waals surface area contributed by atoms with E-state index < -0.39 is 16.8 Å². The van der Waals surface area contributed by atoms with Crippen molar-refractivity contribution in [2.75, 3.05) is 29.5 Å². The van der Waals surface area contributed by atoms with E-state index in [0.717, 1.165) is 0 Å². The number of rotatable bonds is 2. The molecular weight excluding hydrogens is 264 g/mol. The third-order valence-corrected chi connectivity index (χ3v) is 4.04. The fraction of sp³-hybridized carbons (Fsp3) is 0.400. The summed E-state index contributed by atoms with van der Waals surface area (Å²) >= 11 is 5.78. The van der Waals surface area contributed by atoms with Crippen LogP contribution in [0.2, 0.25) is 5.15 Å². The van der Waals surface area contributed by atoms with Crippen molar-refractivity contribution in [1.29, 1.82) is 0 Å². The van der Waals surface area contributed by atoms with Crippen LogP contribution in [0.3, 0.4) is 0 Å². The van der Waals surface area contributed by atoms with Gasteiger partial charge in [-0.15, -0.1) is 0 Å². The van der Waals surface area contributed by atoms with Crippen molar-refractivity contribution in [1.82, 2.24) is 4.98 Å². The maximum Gasteiger partial charge on any atom is 0.339 e. The Morgan fingerprint density at radius 3 is 2.65 bits per heavy atom. The summed E-state index contributed by atoms with van der Waals surface area (Å²) in [5.74, 6) is 0.401. The zero-order valence-corrected chi connectivity index (χ0v) is 10.5. The molecule has 1 N–H and O–H groups in total. The van der Waals surface area contributed by atoms with E-state index in [4.69, 9.17) is 16.7 Å². The van der Waals surface area contributed by atoms with Crippen molar-refractivity contribution in [3.8, 4) is 0 Å². The van der Waals surface area contributed by atoms with Crippen molar-refractivity contribution in [3.05, 3.63) is 22.8 Å². The molecule has 1 aromatic rings. The number of aromatic carboxylic acids is 1. The predicted molar refractivity (Wildman–Crippen MR) is 66.3 cm³/mol. The summed E-state index contributed by atoms with van der Waals surface area (Å²) in [6.07, 6.45) is 0. The molecule has 2 rings (SSSR count). The Kier molecular flexibility index (Phi) is 3.63. The van der Waals surface area contributed by atoms with Gasteiger partial charge < -0.3 is 10.0 Å². The van der Waals surface area contributed by atoms with E-state index in [2.05, 4.69) is 4.98 Å². The maximum absolute atomic E-state index is 11.2. The SMILES string of the molecule is O=C(O)c1ccc(Cl)nc1N1CCS(=O)CC1. The van der Waals surface area contributed by atoms with E-state index in [1.54, 1.807) is 0 Å². The fourth-order valence-electron chi connectivity index (χ4n) is 1.68. The number of carbonyl (C=O) groups is 1. The van der Waals surface area contributed by atoms with Gasteiger partial charge in [-0.2, -0.15) is 0 Å². The van der Waals surface area contributed by atoms with Crippen LogP contribution in [0.15, 0.2) is 12.1 Å². The van der Waals surface area contributed by atoms with E-state index in [9.17, 15) is 9.00 Å². The minimum atomic E-state index is -1.03. The molecule has 0 aliphatic carbocycles. The Bertz CT molecular complexity index is 471. The first-order valence-corrected chi connectivity index (χ1v) is 6.94. The molecule has 0 radical (unpaired) electrons. The lowest BCUT2D eigenvalue weighted by molar-refractivity contribution is 0.0697. The molecule has 2 heterocycles. The van der Waals surface area contributed by atoms with Gasteiger partial charge in [0, 0.05) is 35.4 Å². The molecule has 5 nitrogen and oxygen atoms in total. The molecule has 1 saturated heterocycles. The normalized spacial score (nSPS) is 17.1. The highest BCUT2D eigenvalue weighted by atomic mass is 35.5. The smallest absolute Gasteiger partial charge is 0.339 e. The molecule has 17 heavy (non-hydrogen) atoms. The molecule has 1 aliphatic rings. The number of pyridine rings is 1. The summed E-state index contributed by atoms with van der Waals surface area (Å²) < 4.78 is 11.2.